The Labute approximate surface area is 133 Å². The topological polar surface area (TPSA) is 48.7 Å². The molecule has 1 aliphatic rings. The van der Waals surface area contributed by atoms with Gasteiger partial charge in [-0.15, -0.1) is 0 Å². The van der Waals surface area contributed by atoms with Gasteiger partial charge in [0.2, 0.25) is 0 Å². The summed E-state index contributed by atoms with van der Waals surface area (Å²) in [6.07, 6.45) is 0.813. The van der Waals surface area contributed by atoms with Gasteiger partial charge in [-0.1, -0.05) is 20.8 Å². The molecule has 1 amide bonds. The number of hydrogen-bond acceptors (Lipinski definition) is 4. The molecule has 22 heavy (non-hydrogen) atoms. The van der Waals surface area contributed by atoms with Crippen molar-refractivity contribution >= 4 is 5.91 Å². The Hall–Kier alpha value is -1.33. The minimum atomic E-state index is -0.109. The van der Waals surface area contributed by atoms with Crippen LogP contribution >= 0.6 is 0 Å². The fraction of sp³-hybridized carbons (Fsp3) is 0.706. The lowest BCUT2D eigenvalue weighted by molar-refractivity contribution is 0.0905. The number of rotatable bonds is 7. The van der Waals surface area contributed by atoms with Crippen molar-refractivity contribution in [2.45, 2.75) is 27.2 Å². The van der Waals surface area contributed by atoms with Crippen molar-refractivity contribution in [3.8, 4) is 0 Å². The van der Waals surface area contributed by atoms with Crippen LogP contribution < -0.4 is 5.32 Å². The summed E-state index contributed by atoms with van der Waals surface area (Å²) in [4.78, 5) is 17.0. The zero-order valence-corrected chi connectivity index (χ0v) is 14.1. The van der Waals surface area contributed by atoms with Crippen molar-refractivity contribution in [2.75, 3.05) is 45.8 Å². The van der Waals surface area contributed by atoms with Crippen molar-refractivity contribution in [3.05, 3.63) is 23.7 Å². The Kier molecular flexibility index (Phi) is 6.46. The first kappa shape index (κ1) is 17.0. The van der Waals surface area contributed by atoms with Gasteiger partial charge in [0.25, 0.3) is 5.91 Å². The number of hydrogen-bond donors (Lipinski definition) is 1. The quantitative estimate of drug-likeness (QED) is 0.835. The van der Waals surface area contributed by atoms with E-state index in [9.17, 15) is 4.79 Å². The smallest absolute Gasteiger partial charge is 0.287 e. The highest BCUT2D eigenvalue weighted by molar-refractivity contribution is 5.91. The van der Waals surface area contributed by atoms with Crippen LogP contribution in [0, 0.1) is 5.92 Å². The van der Waals surface area contributed by atoms with Crippen LogP contribution in [-0.2, 0) is 6.42 Å². The monoisotopic (exact) mass is 307 g/mol. The second-order valence-electron chi connectivity index (χ2n) is 6.17. The van der Waals surface area contributed by atoms with Crippen LogP contribution in [0.4, 0.5) is 0 Å². The van der Waals surface area contributed by atoms with E-state index in [0.717, 1.165) is 51.4 Å². The summed E-state index contributed by atoms with van der Waals surface area (Å²) < 4.78 is 5.47. The number of amides is 1. The Bertz CT molecular complexity index is 464. The van der Waals surface area contributed by atoms with Crippen molar-refractivity contribution in [3.63, 3.8) is 0 Å². The molecule has 1 aromatic rings. The molecular weight excluding hydrogens is 278 g/mol. The number of carbonyl (C=O) groups is 1. The lowest BCUT2D eigenvalue weighted by Crippen LogP contribution is -2.48. The van der Waals surface area contributed by atoms with Gasteiger partial charge in [-0.3, -0.25) is 4.79 Å². The summed E-state index contributed by atoms with van der Waals surface area (Å²) in [5.74, 6) is 1.60. The highest BCUT2D eigenvalue weighted by Gasteiger charge is 2.18. The molecular formula is C17H29N3O2. The third-order valence-corrected chi connectivity index (χ3v) is 4.33. The second-order valence-corrected chi connectivity index (χ2v) is 6.17. The van der Waals surface area contributed by atoms with Gasteiger partial charge in [-0.25, -0.2) is 0 Å². The van der Waals surface area contributed by atoms with Crippen LogP contribution in [-0.4, -0.2) is 61.5 Å². The third-order valence-electron chi connectivity index (χ3n) is 4.33. The first-order valence-corrected chi connectivity index (χ1v) is 8.44. The van der Waals surface area contributed by atoms with E-state index >= 15 is 0 Å². The number of piperazine rings is 1. The van der Waals surface area contributed by atoms with Crippen LogP contribution in [0.3, 0.4) is 0 Å². The molecule has 0 aromatic carbocycles. The van der Waals surface area contributed by atoms with Gasteiger partial charge < -0.3 is 19.5 Å². The first-order chi connectivity index (χ1) is 10.6. The Morgan fingerprint density at radius 3 is 2.50 bits per heavy atom. The molecule has 5 nitrogen and oxygen atoms in total. The summed E-state index contributed by atoms with van der Waals surface area (Å²) in [5, 5.41) is 2.98. The van der Waals surface area contributed by atoms with Gasteiger partial charge in [0.1, 0.15) is 5.76 Å². The van der Waals surface area contributed by atoms with E-state index in [1.165, 1.54) is 0 Å². The first-order valence-electron chi connectivity index (χ1n) is 8.44. The summed E-state index contributed by atoms with van der Waals surface area (Å²) in [7, 11) is 0. The number of nitrogens with one attached hydrogen (secondary N) is 1. The van der Waals surface area contributed by atoms with E-state index in [0.29, 0.717) is 18.2 Å². The molecule has 0 bridgehead atoms. The van der Waals surface area contributed by atoms with E-state index < -0.39 is 0 Å². The van der Waals surface area contributed by atoms with Crippen molar-refractivity contribution in [1.82, 2.24) is 15.1 Å². The fourth-order valence-corrected chi connectivity index (χ4v) is 2.84. The van der Waals surface area contributed by atoms with Crippen LogP contribution in [0.1, 0.15) is 37.1 Å². The van der Waals surface area contributed by atoms with Gasteiger partial charge >= 0.3 is 0 Å². The third kappa shape index (κ3) is 4.85. The molecule has 1 aromatic heterocycles. The van der Waals surface area contributed by atoms with Crippen molar-refractivity contribution in [2.24, 2.45) is 5.92 Å². The Morgan fingerprint density at radius 1 is 1.23 bits per heavy atom. The average molecular weight is 307 g/mol. The second kappa shape index (κ2) is 8.34. The van der Waals surface area contributed by atoms with Crippen LogP contribution in [0.5, 0.6) is 0 Å². The minimum Gasteiger partial charge on any atom is -0.456 e. The number of furan rings is 1. The maximum Gasteiger partial charge on any atom is 0.287 e. The lowest BCUT2D eigenvalue weighted by Gasteiger charge is -2.35. The SMILES string of the molecule is CCc1ccc(C(=O)NCC(C)CN2CCN(CC)CC2)o1. The summed E-state index contributed by atoms with van der Waals surface area (Å²) >= 11 is 0. The molecule has 124 valence electrons. The molecule has 2 heterocycles. The maximum atomic E-state index is 12.0. The standard InChI is InChI=1S/C17H29N3O2/c1-4-15-6-7-16(22-15)17(21)18-12-14(3)13-20-10-8-19(5-2)9-11-20/h6-7,14H,4-5,8-13H2,1-3H3,(H,18,21). The van der Waals surface area contributed by atoms with Crippen molar-refractivity contribution in [1.29, 1.82) is 0 Å². The molecule has 0 saturated carbocycles. The molecule has 0 aliphatic carbocycles. The summed E-state index contributed by atoms with van der Waals surface area (Å²) in [6.45, 7) is 13.9. The Balaban J connectivity index is 1.69. The van der Waals surface area contributed by atoms with E-state index in [4.69, 9.17) is 4.42 Å². The minimum absolute atomic E-state index is 0.109. The predicted molar refractivity (Wildman–Crippen MR) is 88.1 cm³/mol. The van der Waals surface area contributed by atoms with E-state index in [-0.39, 0.29) is 5.91 Å². The summed E-state index contributed by atoms with van der Waals surface area (Å²) in [5.41, 5.74) is 0. The average Bonchev–Trinajstić information content (AvgIpc) is 3.02. The zero-order chi connectivity index (χ0) is 15.9. The molecule has 0 radical (unpaired) electrons. The van der Waals surface area contributed by atoms with Gasteiger partial charge in [0.15, 0.2) is 5.76 Å². The van der Waals surface area contributed by atoms with Gasteiger partial charge in [-0.2, -0.15) is 0 Å². The maximum absolute atomic E-state index is 12.0. The summed E-state index contributed by atoms with van der Waals surface area (Å²) in [6, 6.07) is 3.62. The number of likely N-dealkylation sites (N-methyl/N-ethyl adjacent to an activating group) is 1. The van der Waals surface area contributed by atoms with Crippen LogP contribution in [0.2, 0.25) is 0 Å². The number of aryl methyl sites for hydroxylation is 1. The number of carbonyl (C=O) groups excluding carboxylic acids is 1. The Morgan fingerprint density at radius 2 is 1.91 bits per heavy atom. The van der Waals surface area contributed by atoms with Crippen molar-refractivity contribution < 1.29 is 9.21 Å². The molecule has 1 saturated heterocycles. The zero-order valence-electron chi connectivity index (χ0n) is 14.1. The molecule has 0 spiro atoms. The fourth-order valence-electron chi connectivity index (χ4n) is 2.84. The van der Waals surface area contributed by atoms with Gasteiger partial charge in [-0.05, 0) is 24.6 Å². The van der Waals surface area contributed by atoms with Gasteiger partial charge in [0.05, 0.1) is 0 Å². The van der Waals surface area contributed by atoms with E-state index in [1.807, 2.05) is 13.0 Å². The molecule has 5 heteroatoms. The molecule has 1 atom stereocenters. The highest BCUT2D eigenvalue weighted by Crippen LogP contribution is 2.09. The number of nitrogens with zero attached hydrogens (tertiary/aromatic N) is 2. The largest absolute Gasteiger partial charge is 0.456 e. The highest BCUT2D eigenvalue weighted by atomic mass is 16.3. The van der Waals surface area contributed by atoms with E-state index in [1.54, 1.807) is 6.07 Å². The van der Waals surface area contributed by atoms with Crippen LogP contribution in [0.25, 0.3) is 0 Å². The van der Waals surface area contributed by atoms with Gasteiger partial charge in [0, 0.05) is 45.7 Å². The molecule has 1 N–H and O–H groups in total. The van der Waals surface area contributed by atoms with Crippen LogP contribution in [0.15, 0.2) is 16.5 Å². The molecule has 2 rings (SSSR count). The molecule has 1 aliphatic heterocycles. The predicted octanol–water partition coefficient (Wildman–Crippen LogP) is 1.85. The molecule has 1 fully saturated rings. The van der Waals surface area contributed by atoms with E-state index in [2.05, 4.69) is 29.0 Å². The molecule has 1 unspecified atom stereocenters. The normalized spacial score (nSPS) is 18.3. The lowest BCUT2D eigenvalue weighted by atomic mass is 10.1.